The molecule has 0 atom stereocenters. The Bertz CT molecular complexity index is 298. The summed E-state index contributed by atoms with van der Waals surface area (Å²) >= 11 is 0. The average molecular weight is 261 g/mol. The Morgan fingerprint density at radius 1 is 1.24 bits per heavy atom. The fraction of sp³-hybridized carbons (Fsp3) is 0.889. The van der Waals surface area contributed by atoms with Crippen LogP contribution in [-0.2, 0) is 4.79 Å². The summed E-state index contributed by atoms with van der Waals surface area (Å²) in [6.07, 6.45) is -4.40. The molecule has 1 amide bonds. The van der Waals surface area contributed by atoms with Crippen molar-refractivity contribution in [1.82, 2.24) is 5.32 Å². The number of carbonyl (C=O) groups excluding carboxylic acids is 1. The fourth-order valence-corrected chi connectivity index (χ4v) is 1.44. The molecule has 0 saturated heterocycles. The lowest BCUT2D eigenvalue weighted by atomic mass is 10.0. The van der Waals surface area contributed by atoms with Gasteiger partial charge in [-0.05, 0) is 24.7 Å². The van der Waals surface area contributed by atoms with Crippen LogP contribution in [-0.4, -0.2) is 36.3 Å². The predicted octanol–water partition coefficient (Wildman–Crippen LogP) is 1.46. The van der Waals surface area contributed by atoms with Crippen LogP contribution in [0.25, 0.3) is 0 Å². The summed E-state index contributed by atoms with van der Waals surface area (Å²) in [5, 5.41) is 10.3. The van der Waals surface area contributed by atoms with Crippen LogP contribution in [0.2, 0.25) is 0 Å². The topological polar surface area (TPSA) is 49.3 Å². The number of alkyl halides is 5. The molecule has 2 N–H and O–H groups in total. The molecule has 0 heterocycles. The number of halogens is 5. The molecule has 0 aromatic carbocycles. The van der Waals surface area contributed by atoms with Gasteiger partial charge >= 0.3 is 12.1 Å². The third kappa shape index (κ3) is 3.05. The summed E-state index contributed by atoms with van der Waals surface area (Å²) in [5.41, 5.74) is -0.508. The maximum absolute atomic E-state index is 12.5. The summed E-state index contributed by atoms with van der Waals surface area (Å²) in [5.74, 6) is -7.71. The minimum Gasteiger partial charge on any atom is -0.396 e. The molecule has 0 aromatic heterocycles. The van der Waals surface area contributed by atoms with E-state index in [2.05, 4.69) is 0 Å². The Balaban J connectivity index is 2.50. The van der Waals surface area contributed by atoms with Crippen molar-refractivity contribution in [3.8, 4) is 0 Å². The van der Waals surface area contributed by atoms with Crippen LogP contribution in [0.3, 0.4) is 0 Å². The van der Waals surface area contributed by atoms with Gasteiger partial charge in [-0.15, -0.1) is 0 Å². The van der Waals surface area contributed by atoms with Crippen LogP contribution in [0.5, 0.6) is 0 Å². The molecule has 0 aromatic rings. The summed E-state index contributed by atoms with van der Waals surface area (Å²) in [4.78, 5) is 10.7. The van der Waals surface area contributed by atoms with Crippen molar-refractivity contribution in [3.05, 3.63) is 0 Å². The van der Waals surface area contributed by atoms with E-state index in [-0.39, 0.29) is 19.6 Å². The number of nitrogens with one attached hydrogen (secondary N) is 1. The molecule has 100 valence electrons. The van der Waals surface area contributed by atoms with Crippen LogP contribution in [0.15, 0.2) is 0 Å². The highest BCUT2D eigenvalue weighted by atomic mass is 19.4. The molecule has 1 aliphatic rings. The number of aliphatic hydroxyl groups excluding tert-OH is 1. The second-order valence-electron chi connectivity index (χ2n) is 4.23. The molecule has 0 bridgehead atoms. The molecule has 0 aliphatic heterocycles. The van der Waals surface area contributed by atoms with Gasteiger partial charge in [0.25, 0.3) is 5.91 Å². The van der Waals surface area contributed by atoms with Gasteiger partial charge < -0.3 is 10.4 Å². The van der Waals surface area contributed by atoms with E-state index in [4.69, 9.17) is 5.11 Å². The van der Waals surface area contributed by atoms with Crippen molar-refractivity contribution in [3.63, 3.8) is 0 Å². The van der Waals surface area contributed by atoms with E-state index < -0.39 is 23.4 Å². The first-order valence-electron chi connectivity index (χ1n) is 4.98. The lowest BCUT2D eigenvalue weighted by molar-refractivity contribution is -0.269. The molecule has 0 radical (unpaired) electrons. The van der Waals surface area contributed by atoms with Gasteiger partial charge in [-0.25, -0.2) is 0 Å². The summed E-state index contributed by atoms with van der Waals surface area (Å²) in [6.45, 7) is -0.455. The van der Waals surface area contributed by atoms with Crippen molar-refractivity contribution in [1.29, 1.82) is 0 Å². The summed E-state index contributed by atoms with van der Waals surface area (Å²) < 4.78 is 60.5. The molecule has 1 saturated carbocycles. The Morgan fingerprint density at radius 2 is 1.76 bits per heavy atom. The number of amides is 1. The minimum atomic E-state index is -5.88. The third-order valence-corrected chi connectivity index (χ3v) is 2.86. The SMILES string of the molecule is O=C(NCC1(CCO)CC1)C(F)(F)C(F)(F)F. The zero-order chi connectivity index (χ0) is 13.3. The maximum atomic E-state index is 12.5. The highest BCUT2D eigenvalue weighted by Gasteiger charge is 2.63. The number of hydrogen-bond donors (Lipinski definition) is 2. The van der Waals surface area contributed by atoms with Crippen molar-refractivity contribution in [2.75, 3.05) is 13.2 Å². The Hall–Kier alpha value is -0.920. The number of aliphatic hydroxyl groups is 1. The summed E-state index contributed by atoms with van der Waals surface area (Å²) in [7, 11) is 0. The Morgan fingerprint density at radius 3 is 2.12 bits per heavy atom. The van der Waals surface area contributed by atoms with E-state index in [1.807, 2.05) is 0 Å². The predicted molar refractivity (Wildman–Crippen MR) is 47.4 cm³/mol. The van der Waals surface area contributed by atoms with Gasteiger partial charge in [0.15, 0.2) is 0 Å². The lowest BCUT2D eigenvalue weighted by Gasteiger charge is -2.21. The average Bonchev–Trinajstić information content (AvgIpc) is 2.94. The van der Waals surface area contributed by atoms with Crippen molar-refractivity contribution >= 4 is 5.91 Å². The van der Waals surface area contributed by atoms with Gasteiger partial charge in [-0.3, -0.25) is 4.79 Å². The molecule has 1 rings (SSSR count). The molecule has 1 aliphatic carbocycles. The van der Waals surface area contributed by atoms with Gasteiger partial charge in [-0.2, -0.15) is 22.0 Å². The van der Waals surface area contributed by atoms with Gasteiger partial charge in [0.1, 0.15) is 0 Å². The van der Waals surface area contributed by atoms with Crippen LogP contribution < -0.4 is 5.32 Å². The second kappa shape index (κ2) is 4.40. The zero-order valence-electron chi connectivity index (χ0n) is 8.78. The largest absolute Gasteiger partial charge is 0.463 e. The number of rotatable bonds is 5. The number of hydrogen-bond acceptors (Lipinski definition) is 2. The fourth-order valence-electron chi connectivity index (χ4n) is 1.44. The van der Waals surface area contributed by atoms with E-state index in [0.29, 0.717) is 12.8 Å². The van der Waals surface area contributed by atoms with E-state index in [1.165, 1.54) is 0 Å². The van der Waals surface area contributed by atoms with Gasteiger partial charge in [0, 0.05) is 13.2 Å². The third-order valence-electron chi connectivity index (χ3n) is 2.86. The van der Waals surface area contributed by atoms with Gasteiger partial charge in [0.2, 0.25) is 0 Å². The van der Waals surface area contributed by atoms with Crippen molar-refractivity contribution in [2.24, 2.45) is 5.41 Å². The summed E-state index contributed by atoms with van der Waals surface area (Å²) in [6, 6.07) is 0. The van der Waals surface area contributed by atoms with E-state index >= 15 is 0 Å². The maximum Gasteiger partial charge on any atom is 0.463 e. The molecular formula is C9H12F5NO2. The molecule has 1 fully saturated rings. The Labute approximate surface area is 94.0 Å². The number of carbonyl (C=O) groups is 1. The molecule has 17 heavy (non-hydrogen) atoms. The smallest absolute Gasteiger partial charge is 0.396 e. The van der Waals surface area contributed by atoms with Crippen LogP contribution in [0, 0.1) is 5.41 Å². The first-order valence-corrected chi connectivity index (χ1v) is 4.98. The van der Waals surface area contributed by atoms with Crippen molar-refractivity contribution in [2.45, 2.75) is 31.4 Å². The highest BCUT2D eigenvalue weighted by molar-refractivity contribution is 5.84. The van der Waals surface area contributed by atoms with Gasteiger partial charge in [-0.1, -0.05) is 0 Å². The quantitative estimate of drug-likeness (QED) is 0.736. The lowest BCUT2D eigenvalue weighted by Crippen LogP contribution is -2.51. The van der Waals surface area contributed by atoms with E-state index in [0.717, 1.165) is 0 Å². The highest BCUT2D eigenvalue weighted by Crippen LogP contribution is 2.48. The molecule has 0 spiro atoms. The normalized spacial score (nSPS) is 18.9. The van der Waals surface area contributed by atoms with Crippen molar-refractivity contribution < 1.29 is 31.9 Å². The molecule has 8 heteroatoms. The monoisotopic (exact) mass is 261 g/mol. The van der Waals surface area contributed by atoms with Gasteiger partial charge in [0.05, 0.1) is 0 Å². The standard InChI is InChI=1S/C9H12F5NO2/c10-8(11,9(12,13)14)6(17)15-5-7(1-2-7)3-4-16/h16H,1-5H2,(H,15,17). The molecular weight excluding hydrogens is 249 g/mol. The Kier molecular flexibility index (Phi) is 3.66. The van der Waals surface area contributed by atoms with Crippen LogP contribution in [0.4, 0.5) is 22.0 Å². The second-order valence-corrected chi connectivity index (χ2v) is 4.23. The van der Waals surface area contributed by atoms with E-state index in [9.17, 15) is 26.7 Å². The van der Waals surface area contributed by atoms with E-state index in [1.54, 1.807) is 5.32 Å². The molecule has 3 nitrogen and oxygen atoms in total. The minimum absolute atomic E-state index is 0.189. The first-order chi connectivity index (χ1) is 7.65. The van der Waals surface area contributed by atoms with Crippen LogP contribution in [0.1, 0.15) is 19.3 Å². The first kappa shape index (κ1) is 14.1. The zero-order valence-corrected chi connectivity index (χ0v) is 8.78. The molecule has 0 unspecified atom stereocenters. The van der Waals surface area contributed by atoms with Crippen LogP contribution >= 0.6 is 0 Å².